The average molecular weight is 398 g/mol. The van der Waals surface area contributed by atoms with Gasteiger partial charge in [-0.05, 0) is 55.5 Å². The molecule has 1 atom stereocenters. The van der Waals surface area contributed by atoms with Gasteiger partial charge in [0.2, 0.25) is 0 Å². The summed E-state index contributed by atoms with van der Waals surface area (Å²) in [6, 6.07) is 12.4. The molecule has 0 saturated carbocycles. The minimum absolute atomic E-state index is 0.0863. The highest BCUT2D eigenvalue weighted by molar-refractivity contribution is 5.94. The van der Waals surface area contributed by atoms with Gasteiger partial charge in [0.1, 0.15) is 25.9 Å². The van der Waals surface area contributed by atoms with E-state index in [0.717, 1.165) is 0 Å². The maximum Gasteiger partial charge on any atom is 0.338 e. The van der Waals surface area contributed by atoms with Crippen molar-refractivity contribution < 1.29 is 38.1 Å². The fourth-order valence-corrected chi connectivity index (χ4v) is 2.48. The second-order valence-corrected chi connectivity index (χ2v) is 6.24. The van der Waals surface area contributed by atoms with E-state index in [1.54, 1.807) is 55.5 Å². The second-order valence-electron chi connectivity index (χ2n) is 6.24. The molecule has 29 heavy (non-hydrogen) atoms. The van der Waals surface area contributed by atoms with Crippen LogP contribution in [0.1, 0.15) is 48.4 Å². The fraction of sp³-hybridized carbons (Fsp3) is 0.238. The number of benzene rings is 2. The smallest absolute Gasteiger partial charge is 0.338 e. The lowest BCUT2D eigenvalue weighted by Gasteiger charge is -2.15. The summed E-state index contributed by atoms with van der Waals surface area (Å²) in [4.78, 5) is 45.4. The summed E-state index contributed by atoms with van der Waals surface area (Å²) in [6.07, 6.45) is -0.421. The third kappa shape index (κ3) is 5.19. The second kappa shape index (κ2) is 9.01. The number of fused-ring (bicyclic) bond motifs is 14. The number of esters is 4. The van der Waals surface area contributed by atoms with Gasteiger partial charge in [-0.25, -0.2) is 19.2 Å². The molecule has 0 N–H and O–H groups in total. The summed E-state index contributed by atoms with van der Waals surface area (Å²) in [5, 5.41) is 0. The van der Waals surface area contributed by atoms with Crippen LogP contribution < -0.4 is 0 Å². The topological polar surface area (TPSA) is 105 Å². The molecule has 150 valence electrons. The highest BCUT2D eigenvalue weighted by Crippen LogP contribution is 2.12. The van der Waals surface area contributed by atoms with Gasteiger partial charge in [0, 0.05) is 0 Å². The molecular weight excluding hydrogens is 380 g/mol. The third-order valence-electron chi connectivity index (χ3n) is 4.02. The molecule has 2 aromatic carbocycles. The summed E-state index contributed by atoms with van der Waals surface area (Å²) in [5.41, 5.74) is 1.79. The van der Waals surface area contributed by atoms with Gasteiger partial charge in [0.05, 0.1) is 22.3 Å². The first-order valence-corrected chi connectivity index (χ1v) is 8.86. The van der Waals surface area contributed by atoms with E-state index in [1.165, 1.54) is 0 Å². The zero-order valence-corrected chi connectivity index (χ0v) is 15.6. The van der Waals surface area contributed by atoms with Crippen LogP contribution in [0.3, 0.4) is 0 Å². The molecular formula is C21H18O8. The van der Waals surface area contributed by atoms with Gasteiger partial charge in [-0.1, -0.05) is 0 Å². The zero-order chi connectivity index (χ0) is 20.8. The van der Waals surface area contributed by atoms with Crippen LogP contribution in [0.5, 0.6) is 0 Å². The normalized spacial score (nSPS) is 18.4. The molecule has 4 aliphatic rings. The van der Waals surface area contributed by atoms with E-state index in [9.17, 15) is 19.2 Å². The Hall–Kier alpha value is -3.68. The number of hydrogen-bond donors (Lipinski definition) is 0. The molecule has 2 aromatic rings. The molecule has 8 nitrogen and oxygen atoms in total. The molecule has 6 rings (SSSR count). The molecule has 0 fully saturated rings. The van der Waals surface area contributed by atoms with Gasteiger partial charge >= 0.3 is 23.9 Å². The number of carbonyl (C=O) groups excluding carboxylic acids is 4. The quantitative estimate of drug-likeness (QED) is 0.492. The van der Waals surface area contributed by atoms with Crippen molar-refractivity contribution in [2.45, 2.75) is 13.0 Å². The Labute approximate surface area is 166 Å². The number of rotatable bonds is 0. The Bertz CT molecular complexity index is 878. The summed E-state index contributed by atoms with van der Waals surface area (Å²) in [7, 11) is 0. The molecule has 4 bridgehead atoms. The fourth-order valence-electron chi connectivity index (χ4n) is 2.48. The van der Waals surface area contributed by atoms with E-state index in [2.05, 4.69) is 0 Å². The predicted octanol–water partition coefficient (Wildman–Crippen LogP) is 2.42. The maximum absolute atomic E-state index is 11.5. The third-order valence-corrected chi connectivity index (χ3v) is 4.02. The summed E-state index contributed by atoms with van der Waals surface area (Å²) < 4.78 is 19.6. The molecule has 0 spiro atoms. The first-order valence-electron chi connectivity index (χ1n) is 8.86. The van der Waals surface area contributed by atoms with Gasteiger partial charge in [-0.2, -0.15) is 0 Å². The van der Waals surface area contributed by atoms with E-state index in [-0.39, 0.29) is 19.8 Å². The van der Waals surface area contributed by atoms with Crippen molar-refractivity contribution in [3.8, 4) is 0 Å². The van der Waals surface area contributed by atoms with Crippen molar-refractivity contribution in [3.63, 3.8) is 0 Å². The van der Waals surface area contributed by atoms with Crippen molar-refractivity contribution in [3.05, 3.63) is 70.8 Å². The monoisotopic (exact) mass is 398 g/mol. The average Bonchev–Trinajstić information content (AvgIpc) is 2.74. The Morgan fingerprint density at radius 3 is 1.34 bits per heavy atom. The van der Waals surface area contributed by atoms with Crippen LogP contribution in [0.2, 0.25) is 0 Å². The van der Waals surface area contributed by atoms with Crippen LogP contribution >= 0.6 is 0 Å². The molecule has 4 heterocycles. The van der Waals surface area contributed by atoms with Gasteiger partial charge in [0.25, 0.3) is 0 Å². The maximum atomic E-state index is 11.5. The van der Waals surface area contributed by atoms with Gasteiger partial charge in [0.15, 0.2) is 0 Å². The van der Waals surface area contributed by atoms with Crippen LogP contribution in [-0.4, -0.2) is 49.8 Å². The lowest BCUT2D eigenvalue weighted by Crippen LogP contribution is -2.23. The summed E-state index contributed by atoms with van der Waals surface area (Å²) >= 11 is 0. The van der Waals surface area contributed by atoms with Crippen LogP contribution in [0.4, 0.5) is 0 Å². The number of hydrogen-bond acceptors (Lipinski definition) is 8. The van der Waals surface area contributed by atoms with Crippen molar-refractivity contribution in [1.82, 2.24) is 0 Å². The Morgan fingerprint density at radius 1 is 0.586 bits per heavy atom. The van der Waals surface area contributed by atoms with Gasteiger partial charge in [-0.15, -0.1) is 0 Å². The lowest BCUT2D eigenvalue weighted by atomic mass is 10.1. The molecule has 4 aliphatic heterocycles. The molecule has 0 aliphatic carbocycles. The highest BCUT2D eigenvalue weighted by Gasteiger charge is 2.18. The molecule has 1 unspecified atom stereocenters. The van der Waals surface area contributed by atoms with Crippen molar-refractivity contribution in [2.75, 3.05) is 19.8 Å². The van der Waals surface area contributed by atoms with E-state index in [0.29, 0.717) is 22.3 Å². The number of carbonyl (C=O) groups is 4. The van der Waals surface area contributed by atoms with Crippen molar-refractivity contribution >= 4 is 23.9 Å². The molecule has 0 amide bonds. The van der Waals surface area contributed by atoms with Gasteiger partial charge < -0.3 is 18.9 Å². The van der Waals surface area contributed by atoms with Crippen LogP contribution in [0, 0.1) is 0 Å². The van der Waals surface area contributed by atoms with Crippen molar-refractivity contribution in [2.24, 2.45) is 0 Å². The molecule has 0 aromatic heterocycles. The Kier molecular flexibility index (Phi) is 6.23. The van der Waals surface area contributed by atoms with E-state index >= 15 is 0 Å². The Balaban J connectivity index is 0.000000166. The van der Waals surface area contributed by atoms with E-state index < -0.39 is 30.0 Å². The summed E-state index contributed by atoms with van der Waals surface area (Å²) in [5.74, 6) is -1.58. The van der Waals surface area contributed by atoms with E-state index in [4.69, 9.17) is 18.9 Å². The molecule has 0 radical (unpaired) electrons. The standard InChI is InChI=1S/C11H10O4.C10H8O4/c1-7-6-14-10(12)8-2-4-9(5-3-8)11(13)15-7;11-9-7-1-2-8(4-3-7)10(12)14-6-5-13-9/h2-5,7H,6H2,1H3;1-4H,5-6H2. The number of ether oxygens (including phenoxy) is 4. The first kappa shape index (κ1) is 20.1. The zero-order valence-electron chi connectivity index (χ0n) is 15.6. The predicted molar refractivity (Wildman–Crippen MR) is 98.6 cm³/mol. The first-order chi connectivity index (χ1) is 13.9. The van der Waals surface area contributed by atoms with Crippen LogP contribution in [-0.2, 0) is 18.9 Å². The largest absolute Gasteiger partial charge is 0.458 e. The van der Waals surface area contributed by atoms with Crippen molar-refractivity contribution in [1.29, 1.82) is 0 Å². The van der Waals surface area contributed by atoms with E-state index in [1.807, 2.05) is 0 Å². The Morgan fingerprint density at radius 2 is 0.931 bits per heavy atom. The van der Waals surface area contributed by atoms with Gasteiger partial charge in [-0.3, -0.25) is 0 Å². The SMILES string of the molecule is CC1COC(=O)c2ccc(cc2)C(=O)O1.O=C1OCCOC(=O)c2ccc1cc2. The molecule has 0 saturated heterocycles. The lowest BCUT2D eigenvalue weighted by molar-refractivity contribution is 0.00395. The minimum atomic E-state index is -0.421. The van der Waals surface area contributed by atoms with Crippen LogP contribution in [0.15, 0.2) is 48.5 Å². The van der Waals surface area contributed by atoms with Crippen LogP contribution in [0.25, 0.3) is 0 Å². The summed E-state index contributed by atoms with van der Waals surface area (Å²) in [6.45, 7) is 1.97. The minimum Gasteiger partial charge on any atom is -0.458 e. The molecule has 8 heteroatoms. The highest BCUT2D eigenvalue weighted by atomic mass is 16.6.